The Kier molecular flexibility index (Phi) is 4.52. The molecule has 1 heterocycles. The number of pyridine rings is 1. The summed E-state index contributed by atoms with van der Waals surface area (Å²) in [6.07, 6.45) is 4.80. The molecule has 2 rings (SSSR count). The number of rotatable bonds is 5. The molecule has 0 saturated heterocycles. The summed E-state index contributed by atoms with van der Waals surface area (Å²) in [6.45, 7) is 2.75. The molecular formula is C15H18N2O2S. The van der Waals surface area contributed by atoms with Crippen LogP contribution in [0.15, 0.2) is 53.7 Å². The van der Waals surface area contributed by atoms with Crippen molar-refractivity contribution in [2.24, 2.45) is 0 Å². The second kappa shape index (κ2) is 6.15. The van der Waals surface area contributed by atoms with Crippen LogP contribution >= 0.6 is 0 Å². The molecule has 0 saturated carbocycles. The summed E-state index contributed by atoms with van der Waals surface area (Å²) < 4.78 is 22.7. The van der Waals surface area contributed by atoms with Crippen molar-refractivity contribution in [3.8, 4) is 0 Å². The maximum absolute atomic E-state index is 11.4. The lowest BCUT2D eigenvalue weighted by Crippen LogP contribution is -2.18. The third kappa shape index (κ3) is 3.88. The van der Waals surface area contributed by atoms with Gasteiger partial charge in [-0.2, -0.15) is 0 Å². The molecule has 0 fully saturated rings. The van der Waals surface area contributed by atoms with Gasteiger partial charge in [-0.25, -0.2) is 8.42 Å². The van der Waals surface area contributed by atoms with Crippen LogP contribution in [0.1, 0.15) is 24.1 Å². The highest BCUT2D eigenvalue weighted by Gasteiger charge is 2.07. The average molecular weight is 290 g/mol. The van der Waals surface area contributed by atoms with Gasteiger partial charge in [0.1, 0.15) is 0 Å². The first kappa shape index (κ1) is 14.7. The van der Waals surface area contributed by atoms with E-state index in [1.54, 1.807) is 18.3 Å². The number of nitrogens with one attached hydrogen (secondary N) is 1. The number of benzene rings is 1. The second-order valence-electron chi connectivity index (χ2n) is 4.81. The fourth-order valence-electron chi connectivity index (χ4n) is 1.88. The Morgan fingerprint density at radius 3 is 2.45 bits per heavy atom. The zero-order chi connectivity index (χ0) is 14.6. The number of hydrogen-bond donors (Lipinski definition) is 1. The molecule has 106 valence electrons. The number of nitrogens with zero attached hydrogens (tertiary/aromatic N) is 1. The van der Waals surface area contributed by atoms with E-state index in [1.807, 2.05) is 30.5 Å². The summed E-state index contributed by atoms with van der Waals surface area (Å²) >= 11 is 0. The second-order valence-corrected chi connectivity index (χ2v) is 6.82. The largest absolute Gasteiger partial charge is 0.306 e. The normalized spacial score (nSPS) is 13.1. The molecule has 1 atom stereocenters. The van der Waals surface area contributed by atoms with Gasteiger partial charge in [-0.1, -0.05) is 18.2 Å². The van der Waals surface area contributed by atoms with Gasteiger partial charge < -0.3 is 5.32 Å². The first-order valence-electron chi connectivity index (χ1n) is 6.39. The van der Waals surface area contributed by atoms with Gasteiger partial charge in [0, 0.05) is 31.2 Å². The molecule has 4 nitrogen and oxygen atoms in total. The first-order valence-corrected chi connectivity index (χ1v) is 8.28. The predicted octanol–water partition coefficient (Wildman–Crippen LogP) is 2.34. The highest BCUT2D eigenvalue weighted by atomic mass is 32.2. The van der Waals surface area contributed by atoms with Crippen LogP contribution in [0.3, 0.4) is 0 Å². The van der Waals surface area contributed by atoms with Crippen molar-refractivity contribution in [1.82, 2.24) is 10.3 Å². The Morgan fingerprint density at radius 2 is 1.90 bits per heavy atom. The van der Waals surface area contributed by atoms with Crippen molar-refractivity contribution >= 4 is 9.84 Å². The van der Waals surface area contributed by atoms with E-state index in [1.165, 1.54) is 6.26 Å². The molecule has 1 unspecified atom stereocenters. The minimum atomic E-state index is -3.12. The summed E-state index contributed by atoms with van der Waals surface area (Å²) in [5.74, 6) is 0. The van der Waals surface area contributed by atoms with E-state index in [2.05, 4.69) is 17.2 Å². The van der Waals surface area contributed by atoms with Crippen LogP contribution in [0.4, 0.5) is 0 Å². The van der Waals surface area contributed by atoms with E-state index < -0.39 is 9.84 Å². The molecular weight excluding hydrogens is 272 g/mol. The van der Waals surface area contributed by atoms with E-state index in [4.69, 9.17) is 0 Å². The standard InChI is InChI=1S/C15H18N2O2S/c1-12(14-4-3-9-16-11-14)17-10-13-5-7-15(8-6-13)20(2,18)19/h3-9,11-12,17H,10H2,1-2H3. The molecule has 1 aromatic heterocycles. The maximum Gasteiger partial charge on any atom is 0.175 e. The molecule has 5 heteroatoms. The van der Waals surface area contributed by atoms with E-state index >= 15 is 0 Å². The smallest absolute Gasteiger partial charge is 0.175 e. The van der Waals surface area contributed by atoms with Crippen LogP contribution in [-0.2, 0) is 16.4 Å². The van der Waals surface area contributed by atoms with Gasteiger partial charge in [-0.15, -0.1) is 0 Å². The van der Waals surface area contributed by atoms with Crippen molar-refractivity contribution in [3.63, 3.8) is 0 Å². The highest BCUT2D eigenvalue weighted by Crippen LogP contribution is 2.13. The fraction of sp³-hybridized carbons (Fsp3) is 0.267. The summed E-state index contributed by atoms with van der Waals surface area (Å²) in [7, 11) is -3.12. The molecule has 0 spiro atoms. The molecule has 1 aromatic carbocycles. The monoisotopic (exact) mass is 290 g/mol. The van der Waals surface area contributed by atoms with Crippen LogP contribution in [0.25, 0.3) is 0 Å². The number of hydrogen-bond acceptors (Lipinski definition) is 4. The van der Waals surface area contributed by atoms with Crippen molar-refractivity contribution in [2.75, 3.05) is 6.26 Å². The molecule has 20 heavy (non-hydrogen) atoms. The third-order valence-electron chi connectivity index (χ3n) is 3.15. The van der Waals surface area contributed by atoms with Crippen LogP contribution in [0.5, 0.6) is 0 Å². The Morgan fingerprint density at radius 1 is 1.20 bits per heavy atom. The Bertz CT molecular complexity index is 652. The number of sulfone groups is 1. The van der Waals surface area contributed by atoms with Gasteiger partial charge in [0.15, 0.2) is 9.84 Å². The fourth-order valence-corrected chi connectivity index (χ4v) is 2.51. The molecule has 0 aliphatic heterocycles. The topological polar surface area (TPSA) is 59.1 Å². The number of aromatic nitrogens is 1. The zero-order valence-corrected chi connectivity index (χ0v) is 12.4. The van der Waals surface area contributed by atoms with Gasteiger partial charge in [-0.3, -0.25) is 4.98 Å². The van der Waals surface area contributed by atoms with Gasteiger partial charge in [0.05, 0.1) is 4.90 Å². The molecule has 0 radical (unpaired) electrons. The average Bonchev–Trinajstić information content (AvgIpc) is 2.45. The van der Waals surface area contributed by atoms with Crippen LogP contribution in [0.2, 0.25) is 0 Å². The Labute approximate surface area is 119 Å². The van der Waals surface area contributed by atoms with Crippen LogP contribution < -0.4 is 5.32 Å². The molecule has 2 aromatic rings. The molecule has 0 bridgehead atoms. The molecule has 1 N–H and O–H groups in total. The molecule has 0 aliphatic rings. The van der Waals surface area contributed by atoms with Gasteiger partial charge in [-0.05, 0) is 36.2 Å². The third-order valence-corrected chi connectivity index (χ3v) is 4.28. The van der Waals surface area contributed by atoms with Crippen molar-refractivity contribution in [3.05, 3.63) is 59.9 Å². The Hall–Kier alpha value is -1.72. The molecule has 0 aliphatic carbocycles. The summed E-state index contributed by atoms with van der Waals surface area (Å²) in [6, 6.07) is 11.1. The summed E-state index contributed by atoms with van der Waals surface area (Å²) in [5.41, 5.74) is 2.17. The van der Waals surface area contributed by atoms with Gasteiger partial charge in [0.2, 0.25) is 0 Å². The van der Waals surface area contributed by atoms with Crippen LogP contribution in [-0.4, -0.2) is 19.7 Å². The zero-order valence-electron chi connectivity index (χ0n) is 11.6. The van der Waals surface area contributed by atoms with Crippen molar-refractivity contribution in [2.45, 2.75) is 24.4 Å². The van der Waals surface area contributed by atoms with Crippen molar-refractivity contribution in [1.29, 1.82) is 0 Å². The Balaban J connectivity index is 1.98. The first-order chi connectivity index (χ1) is 9.47. The lowest BCUT2D eigenvalue weighted by Gasteiger charge is -2.13. The molecule has 0 amide bonds. The quantitative estimate of drug-likeness (QED) is 0.918. The van der Waals surface area contributed by atoms with Gasteiger partial charge >= 0.3 is 0 Å². The van der Waals surface area contributed by atoms with E-state index in [-0.39, 0.29) is 6.04 Å². The minimum absolute atomic E-state index is 0.193. The summed E-state index contributed by atoms with van der Waals surface area (Å²) in [4.78, 5) is 4.44. The minimum Gasteiger partial charge on any atom is -0.306 e. The van der Waals surface area contributed by atoms with E-state index in [0.29, 0.717) is 11.4 Å². The van der Waals surface area contributed by atoms with Crippen LogP contribution in [0, 0.1) is 0 Å². The maximum atomic E-state index is 11.4. The SMILES string of the molecule is CC(NCc1ccc(S(C)(=O)=O)cc1)c1cccnc1. The lowest BCUT2D eigenvalue weighted by molar-refractivity contribution is 0.572. The van der Waals surface area contributed by atoms with E-state index in [9.17, 15) is 8.42 Å². The predicted molar refractivity (Wildman–Crippen MR) is 79.0 cm³/mol. The highest BCUT2D eigenvalue weighted by molar-refractivity contribution is 7.90. The van der Waals surface area contributed by atoms with E-state index in [0.717, 1.165) is 11.1 Å². The lowest BCUT2D eigenvalue weighted by atomic mass is 10.1. The van der Waals surface area contributed by atoms with Gasteiger partial charge in [0.25, 0.3) is 0 Å². The van der Waals surface area contributed by atoms with Crippen molar-refractivity contribution < 1.29 is 8.42 Å². The summed E-state index contributed by atoms with van der Waals surface area (Å²) in [5, 5.41) is 3.38.